The number of carbonyl (C=O) groups excluding carboxylic acids is 1. The van der Waals surface area contributed by atoms with Crippen molar-refractivity contribution in [2.24, 2.45) is 13.0 Å². The molecule has 4 aromatic rings. The molecule has 0 N–H and O–H groups in total. The van der Waals surface area contributed by atoms with Crippen molar-refractivity contribution >= 4 is 27.8 Å². The molecular formula is C27H31FN8O2S. The Bertz CT molecular complexity index is 1550. The van der Waals surface area contributed by atoms with Crippen LogP contribution in [0.15, 0.2) is 53.8 Å². The number of halogens is 1. The van der Waals surface area contributed by atoms with Crippen LogP contribution in [0.2, 0.25) is 0 Å². The van der Waals surface area contributed by atoms with E-state index in [1.54, 1.807) is 30.3 Å². The third kappa shape index (κ3) is 4.99. The van der Waals surface area contributed by atoms with Gasteiger partial charge in [0.25, 0.3) is 0 Å². The van der Waals surface area contributed by atoms with E-state index in [0.717, 1.165) is 47.4 Å². The number of rotatable bonds is 6. The van der Waals surface area contributed by atoms with E-state index in [0.29, 0.717) is 24.5 Å². The Balaban J connectivity index is 1.34. The lowest BCUT2D eigenvalue weighted by molar-refractivity contribution is -0.126. The van der Waals surface area contributed by atoms with E-state index in [1.165, 1.54) is 16.9 Å². The fraction of sp³-hybridized carbons (Fsp3) is 0.407. The van der Waals surface area contributed by atoms with E-state index in [-0.39, 0.29) is 23.7 Å². The van der Waals surface area contributed by atoms with E-state index >= 15 is 0 Å². The first-order valence-corrected chi connectivity index (χ1v) is 14.1. The standard InChI is InChI=1S/C27H31FN8O2S/c1-18-10-24-20(13-30-36(24)22-6-4-21(28)5-7-22)12-23(18)25-17-35(39(38)26-14-29-33(3)31-26)9-8-34(25)16-19-11-27(37)32(2)15-19/h4-7,10,12-14,19,25H,8-9,11,15-17H2,1-3H3. The Morgan fingerprint density at radius 1 is 1.05 bits per heavy atom. The van der Waals surface area contributed by atoms with Crippen LogP contribution < -0.4 is 0 Å². The molecule has 2 fully saturated rings. The van der Waals surface area contributed by atoms with Gasteiger partial charge in [-0.2, -0.15) is 15.0 Å². The molecule has 0 bridgehead atoms. The van der Waals surface area contributed by atoms with Gasteiger partial charge >= 0.3 is 0 Å². The van der Waals surface area contributed by atoms with Gasteiger partial charge < -0.3 is 4.90 Å². The number of piperazine rings is 1. The van der Waals surface area contributed by atoms with Crippen LogP contribution in [-0.4, -0.2) is 88.8 Å². The summed E-state index contributed by atoms with van der Waals surface area (Å²) in [7, 11) is 2.15. The highest BCUT2D eigenvalue weighted by atomic mass is 32.2. The molecule has 3 atom stereocenters. The molecule has 1 amide bonds. The molecular weight excluding hydrogens is 519 g/mol. The maximum Gasteiger partial charge on any atom is 0.222 e. The van der Waals surface area contributed by atoms with Crippen molar-refractivity contribution in [1.82, 2.24) is 38.9 Å². The molecule has 2 aliphatic rings. The van der Waals surface area contributed by atoms with E-state index in [1.807, 2.05) is 22.2 Å². The number of amides is 1. The van der Waals surface area contributed by atoms with Gasteiger partial charge in [0.15, 0.2) is 5.03 Å². The maximum atomic E-state index is 13.5. The topological polar surface area (TPSA) is 92.4 Å². The number of nitrogens with zero attached hydrogens (tertiary/aromatic N) is 8. The van der Waals surface area contributed by atoms with Crippen molar-refractivity contribution in [2.75, 3.05) is 39.8 Å². The third-order valence-electron chi connectivity index (χ3n) is 7.75. The highest BCUT2D eigenvalue weighted by molar-refractivity contribution is 7.82. The molecule has 39 heavy (non-hydrogen) atoms. The van der Waals surface area contributed by atoms with Crippen molar-refractivity contribution in [3.63, 3.8) is 0 Å². The number of hydrogen-bond acceptors (Lipinski definition) is 6. The molecule has 6 rings (SSSR count). The SMILES string of the molecule is Cc1cc2c(cnn2-c2ccc(F)cc2)cc1C1CN(S(=O)c2cnn(C)n2)CCN1CC1CC(=O)N(C)C1. The zero-order valence-corrected chi connectivity index (χ0v) is 23.0. The van der Waals surface area contributed by atoms with E-state index in [9.17, 15) is 13.4 Å². The molecule has 4 heterocycles. The van der Waals surface area contributed by atoms with Crippen LogP contribution in [-0.2, 0) is 22.8 Å². The third-order valence-corrected chi connectivity index (χ3v) is 9.09. The Labute approximate surface area is 228 Å². The minimum Gasteiger partial charge on any atom is -0.345 e. The van der Waals surface area contributed by atoms with Gasteiger partial charge in [0.05, 0.1) is 23.6 Å². The minimum absolute atomic E-state index is 0.0287. The van der Waals surface area contributed by atoms with E-state index < -0.39 is 11.0 Å². The van der Waals surface area contributed by atoms with Crippen LogP contribution in [0, 0.1) is 18.7 Å². The zero-order chi connectivity index (χ0) is 27.3. The lowest BCUT2D eigenvalue weighted by atomic mass is 9.95. The largest absolute Gasteiger partial charge is 0.345 e. The number of likely N-dealkylation sites (tertiary alicyclic amines) is 1. The molecule has 10 nitrogen and oxygen atoms in total. The predicted octanol–water partition coefficient (Wildman–Crippen LogP) is 2.46. The van der Waals surface area contributed by atoms with Crippen LogP contribution in [0.5, 0.6) is 0 Å². The summed E-state index contributed by atoms with van der Waals surface area (Å²) in [6.07, 6.45) is 3.94. The Morgan fingerprint density at radius 2 is 1.85 bits per heavy atom. The summed E-state index contributed by atoms with van der Waals surface area (Å²) < 4.78 is 30.7. The summed E-state index contributed by atoms with van der Waals surface area (Å²) in [6, 6.07) is 10.5. The molecule has 204 valence electrons. The summed E-state index contributed by atoms with van der Waals surface area (Å²) in [4.78, 5) is 17.9. The van der Waals surface area contributed by atoms with Gasteiger partial charge in [-0.25, -0.2) is 17.6 Å². The second-order valence-electron chi connectivity index (χ2n) is 10.5. The molecule has 2 aliphatic heterocycles. The molecule has 2 aromatic carbocycles. The van der Waals surface area contributed by atoms with Crippen molar-refractivity contribution in [2.45, 2.75) is 24.4 Å². The van der Waals surface area contributed by atoms with Crippen LogP contribution in [0.25, 0.3) is 16.6 Å². The van der Waals surface area contributed by atoms with Crippen LogP contribution >= 0.6 is 0 Å². The first kappa shape index (κ1) is 25.8. The second-order valence-corrected chi connectivity index (χ2v) is 11.9. The van der Waals surface area contributed by atoms with Gasteiger partial charge in [-0.05, 0) is 60.4 Å². The second kappa shape index (κ2) is 10.2. The molecule has 3 unspecified atom stereocenters. The van der Waals surface area contributed by atoms with Crippen molar-refractivity contribution in [1.29, 1.82) is 0 Å². The summed E-state index contributed by atoms with van der Waals surface area (Å²) in [5, 5.41) is 14.4. The molecule has 0 saturated carbocycles. The first-order valence-electron chi connectivity index (χ1n) is 13.0. The number of carbonyl (C=O) groups is 1. The lowest BCUT2D eigenvalue weighted by Gasteiger charge is -2.42. The van der Waals surface area contributed by atoms with Gasteiger partial charge in [0.2, 0.25) is 5.91 Å². The monoisotopic (exact) mass is 550 g/mol. The van der Waals surface area contributed by atoms with E-state index in [4.69, 9.17) is 0 Å². The fourth-order valence-electron chi connectivity index (χ4n) is 5.75. The summed E-state index contributed by atoms with van der Waals surface area (Å²) >= 11 is 0. The van der Waals surface area contributed by atoms with E-state index in [2.05, 4.69) is 39.3 Å². The van der Waals surface area contributed by atoms with Gasteiger partial charge in [0, 0.05) is 64.7 Å². The Morgan fingerprint density at radius 3 is 2.54 bits per heavy atom. The van der Waals surface area contributed by atoms with Gasteiger partial charge in [-0.3, -0.25) is 9.69 Å². The van der Waals surface area contributed by atoms with Gasteiger partial charge in [-0.15, -0.1) is 5.10 Å². The van der Waals surface area contributed by atoms with Crippen LogP contribution in [0.3, 0.4) is 0 Å². The van der Waals surface area contributed by atoms with Crippen LogP contribution in [0.4, 0.5) is 4.39 Å². The summed E-state index contributed by atoms with van der Waals surface area (Å²) in [6.45, 7) is 5.52. The smallest absolute Gasteiger partial charge is 0.222 e. The lowest BCUT2D eigenvalue weighted by Crippen LogP contribution is -2.50. The quantitative estimate of drug-likeness (QED) is 0.366. The number of benzene rings is 2. The minimum atomic E-state index is -1.43. The highest BCUT2D eigenvalue weighted by Gasteiger charge is 2.36. The van der Waals surface area contributed by atoms with Gasteiger partial charge in [0.1, 0.15) is 16.8 Å². The zero-order valence-electron chi connectivity index (χ0n) is 22.2. The number of aromatic nitrogens is 5. The summed E-state index contributed by atoms with van der Waals surface area (Å²) in [5.74, 6) is 0.154. The molecule has 0 radical (unpaired) electrons. The number of fused-ring (bicyclic) bond motifs is 1. The number of hydrogen-bond donors (Lipinski definition) is 0. The Kier molecular flexibility index (Phi) is 6.77. The molecule has 2 aromatic heterocycles. The normalized spacial score (nSPS) is 21.7. The first-order chi connectivity index (χ1) is 18.8. The van der Waals surface area contributed by atoms with Crippen molar-refractivity contribution < 1.29 is 13.4 Å². The predicted molar refractivity (Wildman–Crippen MR) is 145 cm³/mol. The van der Waals surface area contributed by atoms with Crippen molar-refractivity contribution in [3.05, 3.63) is 65.7 Å². The highest BCUT2D eigenvalue weighted by Crippen LogP contribution is 2.34. The molecule has 2 saturated heterocycles. The Hall–Kier alpha value is -3.48. The van der Waals surface area contributed by atoms with Gasteiger partial charge in [-0.1, -0.05) is 0 Å². The fourth-order valence-corrected chi connectivity index (χ4v) is 6.87. The summed E-state index contributed by atoms with van der Waals surface area (Å²) in [5.41, 5.74) is 3.96. The molecule has 0 spiro atoms. The molecule has 0 aliphatic carbocycles. The number of aryl methyl sites for hydroxylation is 2. The molecule has 12 heteroatoms. The van der Waals surface area contributed by atoms with Crippen LogP contribution in [0.1, 0.15) is 23.6 Å². The average molecular weight is 551 g/mol. The maximum absolute atomic E-state index is 13.5. The average Bonchev–Trinajstić information content (AvgIpc) is 3.62. The van der Waals surface area contributed by atoms with Crippen molar-refractivity contribution in [3.8, 4) is 5.69 Å².